The fraction of sp³-hybridized carbons (Fsp3) is 0.280. The summed E-state index contributed by atoms with van der Waals surface area (Å²) in [4.78, 5) is 33.0. The van der Waals surface area contributed by atoms with Crippen molar-refractivity contribution in [1.82, 2.24) is 14.9 Å². The number of para-hydroxylation sites is 1. The standard InChI is InChI=1S/C25H23Cl2N7O/c1-14-10-16(11-15-13-32(2)8-6-17(14)15)30-24-29-12-18-22(31-24)33-9-7-28-25(33)34(23(18)35)21-19(26)4-3-5-20(21)27/h3-5,10-12H,6-9,13H2,1-2H3,(H,29,30,31). The van der Waals surface area contributed by atoms with Gasteiger partial charge in [-0.15, -0.1) is 0 Å². The van der Waals surface area contributed by atoms with Crippen molar-refractivity contribution in [3.8, 4) is 0 Å². The summed E-state index contributed by atoms with van der Waals surface area (Å²) in [5.74, 6) is 1.11. The first-order chi connectivity index (χ1) is 16.9. The molecule has 0 aliphatic carbocycles. The van der Waals surface area contributed by atoms with Crippen LogP contribution in [0.25, 0.3) is 0 Å². The zero-order valence-electron chi connectivity index (χ0n) is 19.3. The van der Waals surface area contributed by atoms with Crippen LogP contribution in [0.15, 0.2) is 41.5 Å². The zero-order chi connectivity index (χ0) is 24.3. The summed E-state index contributed by atoms with van der Waals surface area (Å²) in [5.41, 5.74) is 5.70. The minimum Gasteiger partial charge on any atom is -0.324 e. The summed E-state index contributed by atoms with van der Waals surface area (Å²) < 4.78 is 0. The van der Waals surface area contributed by atoms with E-state index in [0.29, 0.717) is 52.1 Å². The molecule has 0 saturated heterocycles. The van der Waals surface area contributed by atoms with Crippen molar-refractivity contribution in [3.05, 3.63) is 68.8 Å². The third kappa shape index (κ3) is 3.73. The van der Waals surface area contributed by atoms with E-state index in [1.807, 2.05) is 4.90 Å². The Kier molecular flexibility index (Phi) is 5.40. The van der Waals surface area contributed by atoms with Gasteiger partial charge in [0.15, 0.2) is 5.82 Å². The van der Waals surface area contributed by atoms with Gasteiger partial charge < -0.3 is 10.2 Å². The number of benzene rings is 2. The third-order valence-electron chi connectivity index (χ3n) is 6.64. The molecule has 3 aliphatic heterocycles. The fourth-order valence-electron chi connectivity index (χ4n) is 5.00. The molecule has 6 rings (SSSR count). The van der Waals surface area contributed by atoms with E-state index in [4.69, 9.17) is 28.2 Å². The molecule has 1 N–H and O–H groups in total. The number of halogens is 2. The molecule has 0 spiro atoms. The summed E-state index contributed by atoms with van der Waals surface area (Å²) in [6.45, 7) is 5.25. The average Bonchev–Trinajstić information content (AvgIpc) is 3.30. The van der Waals surface area contributed by atoms with E-state index in [1.54, 1.807) is 24.4 Å². The predicted octanol–water partition coefficient (Wildman–Crippen LogP) is 4.66. The number of nitrogens with one attached hydrogen (secondary N) is 1. The molecule has 178 valence electrons. The number of rotatable bonds is 3. The maximum atomic E-state index is 13.6. The Bertz CT molecular complexity index is 1390. The second-order valence-electron chi connectivity index (χ2n) is 9.02. The Morgan fingerprint density at radius 3 is 2.71 bits per heavy atom. The molecule has 3 aromatic rings. The van der Waals surface area contributed by atoms with E-state index < -0.39 is 0 Å². The van der Waals surface area contributed by atoms with Crippen LogP contribution >= 0.6 is 23.2 Å². The maximum absolute atomic E-state index is 13.6. The molecule has 0 fully saturated rings. The number of carbonyl (C=O) groups excluding carboxylic acids is 1. The molecule has 2 aromatic carbocycles. The third-order valence-corrected chi connectivity index (χ3v) is 7.25. The summed E-state index contributed by atoms with van der Waals surface area (Å²) >= 11 is 12.9. The SMILES string of the molecule is Cc1cc(Nc2ncc3c(n2)N2CCN=C2N(c2c(Cl)cccc2Cl)C3=O)cc2c1CCN(C)C2. The van der Waals surface area contributed by atoms with Gasteiger partial charge in [0.1, 0.15) is 5.56 Å². The number of nitrogens with zero attached hydrogens (tertiary/aromatic N) is 6. The number of fused-ring (bicyclic) bond motifs is 4. The molecule has 0 atom stereocenters. The van der Waals surface area contributed by atoms with Crippen molar-refractivity contribution in [3.63, 3.8) is 0 Å². The molecule has 3 aliphatic rings. The number of aliphatic imine (C=N–C) groups is 1. The van der Waals surface area contributed by atoms with Gasteiger partial charge in [0.2, 0.25) is 11.9 Å². The van der Waals surface area contributed by atoms with E-state index in [1.165, 1.54) is 21.6 Å². The lowest BCUT2D eigenvalue weighted by atomic mass is 9.94. The van der Waals surface area contributed by atoms with Crippen LogP contribution in [0.1, 0.15) is 27.0 Å². The van der Waals surface area contributed by atoms with Crippen LogP contribution in [-0.4, -0.2) is 53.4 Å². The second-order valence-corrected chi connectivity index (χ2v) is 9.83. The van der Waals surface area contributed by atoms with Gasteiger partial charge in [0, 0.05) is 31.5 Å². The van der Waals surface area contributed by atoms with Crippen molar-refractivity contribution in [2.24, 2.45) is 4.99 Å². The van der Waals surface area contributed by atoms with Crippen molar-refractivity contribution >= 4 is 58.2 Å². The minimum absolute atomic E-state index is 0.314. The van der Waals surface area contributed by atoms with E-state index in [9.17, 15) is 4.79 Å². The normalized spacial score (nSPS) is 17.1. The van der Waals surface area contributed by atoms with Crippen molar-refractivity contribution in [2.45, 2.75) is 19.9 Å². The highest BCUT2D eigenvalue weighted by Crippen LogP contribution is 2.39. The molecule has 35 heavy (non-hydrogen) atoms. The number of aromatic nitrogens is 2. The van der Waals surface area contributed by atoms with E-state index in [-0.39, 0.29) is 5.91 Å². The molecular weight excluding hydrogens is 485 g/mol. The molecular formula is C25H23Cl2N7O. The maximum Gasteiger partial charge on any atom is 0.270 e. The molecule has 0 radical (unpaired) electrons. The van der Waals surface area contributed by atoms with Crippen LogP contribution in [0.4, 0.5) is 23.1 Å². The van der Waals surface area contributed by atoms with Gasteiger partial charge in [-0.2, -0.15) is 4.98 Å². The Hall–Kier alpha value is -3.20. The van der Waals surface area contributed by atoms with Crippen molar-refractivity contribution in [2.75, 3.05) is 41.8 Å². The summed E-state index contributed by atoms with van der Waals surface area (Å²) in [6.07, 6.45) is 2.61. The lowest BCUT2D eigenvalue weighted by Crippen LogP contribution is -2.51. The van der Waals surface area contributed by atoms with Gasteiger partial charge in [-0.3, -0.25) is 14.7 Å². The molecule has 0 bridgehead atoms. The molecule has 10 heteroatoms. The first-order valence-electron chi connectivity index (χ1n) is 11.5. The number of hydrogen-bond donors (Lipinski definition) is 1. The topological polar surface area (TPSA) is 77.0 Å². The average molecular weight is 508 g/mol. The zero-order valence-corrected chi connectivity index (χ0v) is 20.9. The summed E-state index contributed by atoms with van der Waals surface area (Å²) in [6, 6.07) is 9.44. The fourth-order valence-corrected chi connectivity index (χ4v) is 5.56. The largest absolute Gasteiger partial charge is 0.324 e. The Morgan fingerprint density at radius 1 is 1.11 bits per heavy atom. The highest BCUT2D eigenvalue weighted by Gasteiger charge is 2.41. The number of likely N-dealkylation sites (N-methyl/N-ethyl adjacent to an activating group) is 1. The van der Waals surface area contributed by atoms with Crippen LogP contribution in [0.5, 0.6) is 0 Å². The summed E-state index contributed by atoms with van der Waals surface area (Å²) in [7, 11) is 2.14. The molecule has 1 amide bonds. The molecule has 0 unspecified atom stereocenters. The van der Waals surface area contributed by atoms with Crippen LogP contribution in [-0.2, 0) is 13.0 Å². The lowest BCUT2D eigenvalue weighted by Gasteiger charge is -2.35. The molecule has 0 saturated carbocycles. The quantitative estimate of drug-likeness (QED) is 0.555. The monoisotopic (exact) mass is 507 g/mol. The van der Waals surface area contributed by atoms with Crippen LogP contribution in [0.3, 0.4) is 0 Å². The van der Waals surface area contributed by atoms with Crippen molar-refractivity contribution in [1.29, 1.82) is 0 Å². The van der Waals surface area contributed by atoms with E-state index in [2.05, 4.69) is 46.3 Å². The van der Waals surface area contributed by atoms with Crippen LogP contribution < -0.4 is 15.1 Å². The Balaban J connectivity index is 1.37. The first-order valence-corrected chi connectivity index (χ1v) is 12.2. The van der Waals surface area contributed by atoms with Crippen molar-refractivity contribution < 1.29 is 4.79 Å². The van der Waals surface area contributed by atoms with Gasteiger partial charge in [-0.25, -0.2) is 9.88 Å². The van der Waals surface area contributed by atoms with Gasteiger partial charge in [-0.05, 0) is 61.3 Å². The van der Waals surface area contributed by atoms with Gasteiger partial charge in [-0.1, -0.05) is 29.3 Å². The highest BCUT2D eigenvalue weighted by atomic mass is 35.5. The number of amides is 1. The smallest absolute Gasteiger partial charge is 0.270 e. The van der Waals surface area contributed by atoms with Crippen LogP contribution in [0.2, 0.25) is 10.0 Å². The minimum atomic E-state index is -0.314. The van der Waals surface area contributed by atoms with Gasteiger partial charge in [0.05, 0.1) is 22.3 Å². The predicted molar refractivity (Wildman–Crippen MR) is 139 cm³/mol. The van der Waals surface area contributed by atoms with Gasteiger partial charge in [0.25, 0.3) is 5.91 Å². The Labute approximate surface area is 213 Å². The molecule has 1 aromatic heterocycles. The van der Waals surface area contributed by atoms with E-state index in [0.717, 1.165) is 25.2 Å². The number of carbonyl (C=O) groups is 1. The highest BCUT2D eigenvalue weighted by molar-refractivity contribution is 6.43. The first kappa shape index (κ1) is 22.3. The molecule has 4 heterocycles. The number of aryl methyl sites for hydroxylation is 1. The summed E-state index contributed by atoms with van der Waals surface area (Å²) in [5, 5.41) is 4.08. The Morgan fingerprint density at radius 2 is 1.91 bits per heavy atom. The van der Waals surface area contributed by atoms with Crippen LogP contribution in [0, 0.1) is 6.92 Å². The second kappa shape index (κ2) is 8.48. The number of anilines is 4. The van der Waals surface area contributed by atoms with E-state index >= 15 is 0 Å². The number of hydrogen-bond acceptors (Lipinski definition) is 7. The number of guanidine groups is 1. The lowest BCUT2D eigenvalue weighted by molar-refractivity contribution is 0.1000. The van der Waals surface area contributed by atoms with Gasteiger partial charge >= 0.3 is 0 Å². The molecule has 8 nitrogen and oxygen atoms in total.